The van der Waals surface area contributed by atoms with E-state index >= 15 is 0 Å². The van der Waals surface area contributed by atoms with Gasteiger partial charge in [0.25, 0.3) is 0 Å². The fourth-order valence-corrected chi connectivity index (χ4v) is 3.05. The van der Waals surface area contributed by atoms with Crippen molar-refractivity contribution >= 4 is 37.5 Å². The van der Waals surface area contributed by atoms with E-state index < -0.39 is 11.3 Å². The summed E-state index contributed by atoms with van der Waals surface area (Å²) in [5.41, 5.74) is 0.440. The Morgan fingerprint density at radius 3 is 2.35 bits per heavy atom. The molecule has 0 saturated carbocycles. The minimum Gasteiger partial charge on any atom is -0.386 e. The third-order valence-corrected chi connectivity index (χ3v) is 3.77. The molecule has 0 N–H and O–H groups in total. The van der Waals surface area contributed by atoms with E-state index in [1.54, 1.807) is 12.3 Å². The molecular weight excluding hydrogens is 322 g/mol. The highest BCUT2D eigenvalue weighted by molar-refractivity contribution is 9.10. The van der Waals surface area contributed by atoms with Crippen molar-refractivity contribution in [2.45, 2.75) is 13.8 Å². The van der Waals surface area contributed by atoms with E-state index in [4.69, 9.17) is 4.42 Å². The van der Waals surface area contributed by atoms with Crippen LogP contribution in [0.25, 0.3) is 21.5 Å². The summed E-state index contributed by atoms with van der Waals surface area (Å²) in [4.78, 5) is 28.2. The van der Waals surface area contributed by atoms with Crippen molar-refractivity contribution in [1.29, 1.82) is 0 Å². The number of fused-ring (bicyclic) bond motifs is 3. The summed E-state index contributed by atoms with van der Waals surface area (Å²) in [7, 11) is 0. The largest absolute Gasteiger partial charge is 0.386 e. The number of rotatable bonds is 0. The Labute approximate surface area is 122 Å². The van der Waals surface area contributed by atoms with E-state index in [9.17, 15) is 9.59 Å². The second kappa shape index (κ2) is 4.52. The lowest BCUT2D eigenvalue weighted by molar-refractivity contribution is 0.491. The molecule has 0 aliphatic heterocycles. The number of nitrogens with zero attached hydrogens (tertiary/aromatic N) is 1. The van der Waals surface area contributed by atoms with Gasteiger partial charge in [0.15, 0.2) is 0 Å². The topological polar surface area (TPSA) is 60.2 Å². The minimum atomic E-state index is -0.659. The Bertz CT molecular complexity index is 976. The van der Waals surface area contributed by atoms with E-state index in [-0.39, 0.29) is 0 Å². The summed E-state index contributed by atoms with van der Waals surface area (Å²) in [6.07, 6.45) is 3.11. The van der Waals surface area contributed by atoms with Crippen LogP contribution in [0.4, 0.5) is 0 Å². The van der Waals surface area contributed by atoms with Gasteiger partial charge in [-0.25, -0.2) is 9.59 Å². The Balaban J connectivity index is 2.87. The van der Waals surface area contributed by atoms with E-state index in [1.165, 1.54) is 6.20 Å². The molecule has 100 valence electrons. The number of benzene rings is 1. The summed E-state index contributed by atoms with van der Waals surface area (Å²) >= 11 is 3.36. The summed E-state index contributed by atoms with van der Waals surface area (Å²) < 4.78 is 5.66. The third-order valence-electron chi connectivity index (χ3n) is 3.31. The molecule has 0 radical (unpaired) electrons. The first kappa shape index (κ1) is 13.0. The molecule has 0 saturated heterocycles. The number of pyridine rings is 1. The van der Waals surface area contributed by atoms with Crippen molar-refractivity contribution in [2.24, 2.45) is 0 Å². The van der Waals surface area contributed by atoms with Gasteiger partial charge in [-0.2, -0.15) is 0 Å². The lowest BCUT2D eigenvalue weighted by Crippen LogP contribution is -2.05. The Morgan fingerprint density at radius 1 is 0.950 bits per heavy atom. The number of aromatic nitrogens is 1. The maximum absolute atomic E-state index is 12.1. The summed E-state index contributed by atoms with van der Waals surface area (Å²) in [5.74, 6) is 0. The molecule has 0 spiro atoms. The molecule has 4 nitrogen and oxygen atoms in total. The average molecular weight is 332 g/mol. The minimum absolute atomic E-state index is 0.322. The fraction of sp³-hybridized carbons (Fsp3) is 0.133. The predicted octanol–water partition coefficient (Wildman–Crippen LogP) is 3.08. The van der Waals surface area contributed by atoms with Crippen molar-refractivity contribution in [3.63, 3.8) is 0 Å². The monoisotopic (exact) mass is 331 g/mol. The first-order chi connectivity index (χ1) is 9.49. The van der Waals surface area contributed by atoms with Crippen LogP contribution in [-0.2, 0) is 0 Å². The van der Waals surface area contributed by atoms with Gasteiger partial charge in [-0.3, -0.25) is 4.98 Å². The maximum Gasteiger partial charge on any atom is 0.348 e. The van der Waals surface area contributed by atoms with Crippen LogP contribution in [0.15, 0.2) is 43.0 Å². The third kappa shape index (κ3) is 1.86. The normalized spacial score (nSPS) is 11.2. The molecule has 0 amide bonds. The van der Waals surface area contributed by atoms with Gasteiger partial charge in [0.2, 0.25) is 0 Å². The Kier molecular flexibility index (Phi) is 2.94. The highest BCUT2D eigenvalue weighted by Gasteiger charge is 2.12. The van der Waals surface area contributed by atoms with Crippen molar-refractivity contribution in [3.05, 3.63) is 61.0 Å². The van der Waals surface area contributed by atoms with E-state index in [0.717, 1.165) is 26.4 Å². The second-order valence-corrected chi connectivity index (χ2v) is 5.62. The fourth-order valence-electron chi connectivity index (χ4n) is 2.48. The van der Waals surface area contributed by atoms with Gasteiger partial charge in [0, 0.05) is 27.6 Å². The summed E-state index contributed by atoms with van der Waals surface area (Å²) in [5, 5.41) is 2.16. The van der Waals surface area contributed by atoms with Gasteiger partial charge in [0.05, 0.1) is 10.8 Å². The van der Waals surface area contributed by atoms with Crippen molar-refractivity contribution in [1.82, 2.24) is 4.98 Å². The van der Waals surface area contributed by atoms with Crippen LogP contribution < -0.4 is 11.3 Å². The molecule has 3 aromatic rings. The van der Waals surface area contributed by atoms with Crippen LogP contribution in [0.5, 0.6) is 0 Å². The van der Waals surface area contributed by atoms with Crippen LogP contribution in [0.1, 0.15) is 11.1 Å². The highest BCUT2D eigenvalue weighted by Crippen LogP contribution is 2.28. The zero-order chi connectivity index (χ0) is 14.4. The Morgan fingerprint density at radius 2 is 1.60 bits per heavy atom. The van der Waals surface area contributed by atoms with Gasteiger partial charge in [-0.1, -0.05) is 15.9 Å². The molecule has 1 aromatic carbocycles. The smallest absolute Gasteiger partial charge is 0.348 e. The average Bonchev–Trinajstić information content (AvgIpc) is 2.48. The summed E-state index contributed by atoms with van der Waals surface area (Å²) in [6.45, 7) is 3.76. The molecule has 0 aliphatic rings. The highest BCUT2D eigenvalue weighted by atomic mass is 79.9. The Hall–Kier alpha value is -2.01. The van der Waals surface area contributed by atoms with E-state index in [1.807, 2.05) is 19.9 Å². The SMILES string of the molecule is Cc1cncc2c(=O)oc(=O)c3cc(Br)cc(C)c3c12. The molecule has 0 aliphatic carbocycles. The van der Waals surface area contributed by atoms with Crippen LogP contribution in [0.2, 0.25) is 0 Å². The van der Waals surface area contributed by atoms with Crippen molar-refractivity contribution in [3.8, 4) is 0 Å². The molecule has 0 atom stereocenters. The van der Waals surface area contributed by atoms with Gasteiger partial charge < -0.3 is 4.42 Å². The molecule has 20 heavy (non-hydrogen) atoms. The maximum atomic E-state index is 12.1. The van der Waals surface area contributed by atoms with Crippen LogP contribution in [-0.4, -0.2) is 4.98 Å². The second-order valence-electron chi connectivity index (χ2n) is 4.70. The zero-order valence-electron chi connectivity index (χ0n) is 10.9. The summed E-state index contributed by atoms with van der Waals surface area (Å²) in [6, 6.07) is 3.58. The number of hydrogen-bond acceptors (Lipinski definition) is 4. The molecule has 3 rings (SSSR count). The molecule has 0 unspecified atom stereocenters. The van der Waals surface area contributed by atoms with Gasteiger partial charge in [-0.15, -0.1) is 0 Å². The first-order valence-electron chi connectivity index (χ1n) is 6.00. The molecule has 2 aromatic heterocycles. The zero-order valence-corrected chi connectivity index (χ0v) is 12.4. The van der Waals surface area contributed by atoms with Crippen LogP contribution in [0.3, 0.4) is 0 Å². The first-order valence-corrected chi connectivity index (χ1v) is 6.80. The van der Waals surface area contributed by atoms with E-state index in [0.29, 0.717) is 10.8 Å². The lowest BCUT2D eigenvalue weighted by atomic mass is 10.0. The number of aryl methyl sites for hydroxylation is 2. The van der Waals surface area contributed by atoms with Gasteiger partial charge >= 0.3 is 11.3 Å². The molecular formula is C15H10BrNO3. The van der Waals surface area contributed by atoms with Gasteiger partial charge in [-0.05, 0) is 37.1 Å². The predicted molar refractivity (Wildman–Crippen MR) is 81.2 cm³/mol. The van der Waals surface area contributed by atoms with E-state index in [2.05, 4.69) is 20.9 Å². The van der Waals surface area contributed by atoms with Gasteiger partial charge in [0.1, 0.15) is 0 Å². The number of halogens is 1. The standard InChI is InChI=1S/C15H10BrNO3/c1-7-3-9(16)4-10-12(7)13-8(2)5-17-6-11(13)15(19)20-14(10)18/h3-6H,1-2H3. The van der Waals surface area contributed by atoms with Crippen LogP contribution >= 0.6 is 15.9 Å². The number of hydrogen-bond donors (Lipinski definition) is 0. The van der Waals surface area contributed by atoms with Crippen LogP contribution in [0, 0.1) is 13.8 Å². The molecule has 2 heterocycles. The molecule has 0 bridgehead atoms. The molecule has 0 fully saturated rings. The lowest BCUT2D eigenvalue weighted by Gasteiger charge is -2.04. The van der Waals surface area contributed by atoms with Crippen molar-refractivity contribution < 1.29 is 4.42 Å². The van der Waals surface area contributed by atoms with Crippen molar-refractivity contribution in [2.75, 3.05) is 0 Å². The quantitative estimate of drug-likeness (QED) is 0.635. The molecule has 5 heteroatoms.